The highest BCUT2D eigenvalue weighted by Gasteiger charge is 2.53. The summed E-state index contributed by atoms with van der Waals surface area (Å²) in [6.07, 6.45) is 9.58. The molecule has 0 amide bonds. The van der Waals surface area contributed by atoms with Gasteiger partial charge in [-0.15, -0.1) is 0 Å². The minimum Gasteiger partial charge on any atom is -0.325 e. The van der Waals surface area contributed by atoms with E-state index >= 15 is 0 Å². The predicted molar refractivity (Wildman–Crippen MR) is 47.3 cm³/mol. The molecule has 2 fully saturated rings. The minimum absolute atomic E-state index is 0.257. The number of nitrogens with two attached hydrogens (primary N) is 1. The van der Waals surface area contributed by atoms with Crippen LogP contribution in [0.15, 0.2) is 0 Å². The molecule has 0 atom stereocenters. The van der Waals surface area contributed by atoms with E-state index in [0.29, 0.717) is 5.41 Å². The van der Waals surface area contributed by atoms with Crippen LogP contribution in [0, 0.1) is 5.41 Å². The molecule has 0 aromatic heterocycles. The van der Waals surface area contributed by atoms with Crippen molar-refractivity contribution in [3.63, 3.8) is 0 Å². The van der Waals surface area contributed by atoms with E-state index in [-0.39, 0.29) is 5.54 Å². The van der Waals surface area contributed by atoms with Crippen molar-refractivity contribution in [2.75, 3.05) is 0 Å². The topological polar surface area (TPSA) is 26.0 Å². The Morgan fingerprint density at radius 3 is 1.91 bits per heavy atom. The quantitative estimate of drug-likeness (QED) is 0.615. The van der Waals surface area contributed by atoms with Crippen LogP contribution in [-0.4, -0.2) is 5.54 Å². The molecule has 0 saturated heterocycles. The highest BCUT2D eigenvalue weighted by atomic mass is 14.9. The van der Waals surface area contributed by atoms with Crippen molar-refractivity contribution >= 4 is 0 Å². The van der Waals surface area contributed by atoms with E-state index in [0.717, 1.165) is 0 Å². The van der Waals surface area contributed by atoms with Gasteiger partial charge in [-0.05, 0) is 31.1 Å². The second-order valence-corrected chi connectivity index (χ2v) is 4.78. The lowest BCUT2D eigenvalue weighted by Crippen LogP contribution is -2.43. The van der Waals surface area contributed by atoms with Crippen LogP contribution in [-0.2, 0) is 0 Å². The van der Waals surface area contributed by atoms with Gasteiger partial charge < -0.3 is 5.73 Å². The molecule has 0 spiro atoms. The summed E-state index contributed by atoms with van der Waals surface area (Å²) in [5.41, 5.74) is 7.02. The molecule has 2 saturated carbocycles. The largest absolute Gasteiger partial charge is 0.325 e. The Bertz CT molecular complexity index is 152. The Morgan fingerprint density at radius 2 is 1.45 bits per heavy atom. The van der Waals surface area contributed by atoms with Gasteiger partial charge in [0.1, 0.15) is 0 Å². The van der Waals surface area contributed by atoms with Gasteiger partial charge in [0.2, 0.25) is 0 Å². The highest BCUT2D eigenvalue weighted by Crippen LogP contribution is 2.54. The summed E-state index contributed by atoms with van der Waals surface area (Å²) in [6, 6.07) is 0. The molecule has 64 valence electrons. The Balaban J connectivity index is 2.07. The highest BCUT2D eigenvalue weighted by molar-refractivity contribution is 5.11. The van der Waals surface area contributed by atoms with Gasteiger partial charge in [-0.25, -0.2) is 0 Å². The zero-order valence-electron chi connectivity index (χ0n) is 7.53. The van der Waals surface area contributed by atoms with E-state index in [9.17, 15) is 0 Å². The summed E-state index contributed by atoms with van der Waals surface area (Å²) in [5, 5.41) is 0. The van der Waals surface area contributed by atoms with E-state index in [1.807, 2.05) is 0 Å². The first kappa shape index (κ1) is 7.60. The number of hydrogen-bond donors (Lipinski definition) is 1. The third-order valence-corrected chi connectivity index (χ3v) is 3.95. The zero-order chi connectivity index (χ0) is 7.95. The Morgan fingerprint density at radius 1 is 0.909 bits per heavy atom. The van der Waals surface area contributed by atoms with Crippen molar-refractivity contribution in [3.05, 3.63) is 0 Å². The van der Waals surface area contributed by atoms with Crippen LogP contribution in [0.25, 0.3) is 0 Å². The van der Waals surface area contributed by atoms with Crippen molar-refractivity contribution < 1.29 is 0 Å². The first-order valence-electron chi connectivity index (χ1n) is 4.95. The molecule has 2 rings (SSSR count). The van der Waals surface area contributed by atoms with Crippen LogP contribution in [0.1, 0.15) is 51.9 Å². The van der Waals surface area contributed by atoms with E-state index in [2.05, 4.69) is 6.92 Å². The molecule has 0 radical (unpaired) electrons. The van der Waals surface area contributed by atoms with Crippen molar-refractivity contribution in [1.29, 1.82) is 0 Å². The average molecular weight is 153 g/mol. The van der Waals surface area contributed by atoms with Gasteiger partial charge in [-0.1, -0.05) is 26.2 Å². The lowest BCUT2D eigenvalue weighted by atomic mass is 9.69. The smallest absolute Gasteiger partial charge is 0.0210 e. The maximum atomic E-state index is 6.26. The molecule has 0 aromatic rings. The second kappa shape index (κ2) is 2.22. The van der Waals surface area contributed by atoms with Crippen LogP contribution >= 0.6 is 0 Å². The summed E-state index contributed by atoms with van der Waals surface area (Å²) in [4.78, 5) is 0. The van der Waals surface area contributed by atoms with E-state index in [1.54, 1.807) is 0 Å². The van der Waals surface area contributed by atoms with E-state index < -0.39 is 0 Å². The maximum absolute atomic E-state index is 6.26. The molecule has 11 heavy (non-hydrogen) atoms. The van der Waals surface area contributed by atoms with E-state index in [1.165, 1.54) is 44.9 Å². The average Bonchev–Trinajstić information content (AvgIpc) is 2.71. The van der Waals surface area contributed by atoms with Crippen LogP contribution in [0.4, 0.5) is 0 Å². The van der Waals surface area contributed by atoms with E-state index in [4.69, 9.17) is 5.73 Å². The SMILES string of the molecule is CC1(C2(N)CC2)CCCCC1. The normalized spacial score (nSPS) is 33.3. The maximum Gasteiger partial charge on any atom is 0.0210 e. The summed E-state index contributed by atoms with van der Waals surface area (Å²) in [5.74, 6) is 0. The molecule has 2 aliphatic rings. The summed E-state index contributed by atoms with van der Waals surface area (Å²) in [6.45, 7) is 2.40. The van der Waals surface area contributed by atoms with Gasteiger partial charge in [0.05, 0.1) is 0 Å². The first-order chi connectivity index (χ1) is 5.16. The Hall–Kier alpha value is -0.0400. The lowest BCUT2D eigenvalue weighted by Gasteiger charge is -2.39. The predicted octanol–water partition coefficient (Wildman–Crippen LogP) is 2.45. The van der Waals surface area contributed by atoms with Gasteiger partial charge in [-0.3, -0.25) is 0 Å². The van der Waals surface area contributed by atoms with Gasteiger partial charge in [0, 0.05) is 5.54 Å². The first-order valence-corrected chi connectivity index (χ1v) is 4.95. The third kappa shape index (κ3) is 1.10. The summed E-state index contributed by atoms with van der Waals surface area (Å²) in [7, 11) is 0. The fourth-order valence-electron chi connectivity index (χ4n) is 2.57. The van der Waals surface area contributed by atoms with Crippen molar-refractivity contribution in [2.45, 2.75) is 57.4 Å². The monoisotopic (exact) mass is 153 g/mol. The minimum atomic E-state index is 0.257. The molecule has 1 nitrogen and oxygen atoms in total. The molecule has 0 bridgehead atoms. The third-order valence-electron chi connectivity index (χ3n) is 3.95. The Labute approximate surface area is 69.4 Å². The lowest BCUT2D eigenvalue weighted by molar-refractivity contribution is 0.155. The summed E-state index contributed by atoms with van der Waals surface area (Å²) < 4.78 is 0. The van der Waals surface area contributed by atoms with Gasteiger partial charge >= 0.3 is 0 Å². The fraction of sp³-hybridized carbons (Fsp3) is 1.00. The van der Waals surface area contributed by atoms with Crippen molar-refractivity contribution in [1.82, 2.24) is 0 Å². The fourth-order valence-corrected chi connectivity index (χ4v) is 2.57. The van der Waals surface area contributed by atoms with Gasteiger partial charge in [-0.2, -0.15) is 0 Å². The van der Waals surface area contributed by atoms with Gasteiger partial charge in [0.15, 0.2) is 0 Å². The molecule has 2 aliphatic carbocycles. The molecule has 2 N–H and O–H groups in total. The molecule has 0 unspecified atom stereocenters. The molecule has 0 aliphatic heterocycles. The molecule has 0 heterocycles. The number of hydrogen-bond acceptors (Lipinski definition) is 1. The summed E-state index contributed by atoms with van der Waals surface area (Å²) >= 11 is 0. The van der Waals surface area contributed by atoms with Crippen LogP contribution in [0.3, 0.4) is 0 Å². The van der Waals surface area contributed by atoms with Gasteiger partial charge in [0.25, 0.3) is 0 Å². The van der Waals surface area contributed by atoms with Crippen LogP contribution < -0.4 is 5.73 Å². The zero-order valence-corrected chi connectivity index (χ0v) is 7.53. The van der Waals surface area contributed by atoms with Crippen LogP contribution in [0.2, 0.25) is 0 Å². The molecule has 0 aromatic carbocycles. The van der Waals surface area contributed by atoms with Crippen molar-refractivity contribution in [3.8, 4) is 0 Å². The standard InChI is InChI=1S/C10H19N/c1-9(10(11)7-8-10)5-3-2-4-6-9/h2-8,11H2,1H3. The second-order valence-electron chi connectivity index (χ2n) is 4.78. The molecular formula is C10H19N. The van der Waals surface area contributed by atoms with Crippen LogP contribution in [0.5, 0.6) is 0 Å². The molecular weight excluding hydrogens is 134 g/mol. The number of rotatable bonds is 1. The van der Waals surface area contributed by atoms with Crippen molar-refractivity contribution in [2.24, 2.45) is 11.1 Å². The molecule has 1 heteroatoms. The Kier molecular flexibility index (Phi) is 1.54.